The van der Waals surface area contributed by atoms with Gasteiger partial charge in [0, 0.05) is 45.7 Å². The Labute approximate surface area is 174 Å². The number of amides is 1. The monoisotopic (exact) mass is 423 g/mol. The van der Waals surface area contributed by atoms with E-state index in [1.807, 2.05) is 0 Å². The molecular formula is C20H33NOPY+. The van der Waals surface area contributed by atoms with Crippen molar-refractivity contribution in [3.63, 3.8) is 0 Å². The quantitative estimate of drug-likeness (QED) is 0.591. The minimum absolute atomic E-state index is 0. The Morgan fingerprint density at radius 2 is 1.71 bits per heavy atom. The van der Waals surface area contributed by atoms with Crippen molar-refractivity contribution in [2.45, 2.75) is 65.5 Å². The second-order valence-corrected chi connectivity index (χ2v) is 11.7. The Hall–Kier alpha value is 0.224. The fraction of sp³-hybridized carbons (Fsp3) is 0.650. The summed E-state index contributed by atoms with van der Waals surface area (Å²) in [6, 6.07) is 6.23. The molecule has 0 aromatic heterocycles. The third-order valence-electron chi connectivity index (χ3n) is 5.59. The van der Waals surface area contributed by atoms with Gasteiger partial charge in [-0.2, -0.15) is 0 Å². The van der Waals surface area contributed by atoms with Gasteiger partial charge in [-0.25, -0.2) is 0 Å². The third kappa shape index (κ3) is 5.12. The first-order chi connectivity index (χ1) is 11.0. The second kappa shape index (κ2) is 10.4. The summed E-state index contributed by atoms with van der Waals surface area (Å²) >= 11 is 0. The summed E-state index contributed by atoms with van der Waals surface area (Å²) in [4.78, 5) is 13.2. The summed E-state index contributed by atoms with van der Waals surface area (Å²) in [6.45, 7) is 8.72. The number of aryl methyl sites for hydroxylation is 2. The zero-order valence-electron chi connectivity index (χ0n) is 15.9. The van der Waals surface area contributed by atoms with E-state index >= 15 is 0 Å². The minimum Gasteiger partial charge on any atom is -0.322 e. The van der Waals surface area contributed by atoms with Gasteiger partial charge in [0.05, 0.1) is 18.5 Å². The minimum atomic E-state index is -1.13. The molecule has 0 spiro atoms. The predicted molar refractivity (Wildman–Crippen MR) is 104 cm³/mol. The van der Waals surface area contributed by atoms with Crippen LogP contribution in [0.4, 0.5) is 5.69 Å². The molecule has 1 N–H and O–H groups in total. The molecule has 1 atom stereocenters. The Bertz CT molecular complexity index is 520. The van der Waals surface area contributed by atoms with Gasteiger partial charge in [0.15, 0.2) is 0 Å². The van der Waals surface area contributed by atoms with Gasteiger partial charge in [-0.1, -0.05) is 31.5 Å². The van der Waals surface area contributed by atoms with Crippen molar-refractivity contribution in [3.8, 4) is 0 Å². The molecule has 1 aromatic rings. The second-order valence-electron chi connectivity index (χ2n) is 7.10. The van der Waals surface area contributed by atoms with Crippen LogP contribution in [0.1, 0.15) is 57.1 Å². The van der Waals surface area contributed by atoms with Gasteiger partial charge in [-0.05, 0) is 57.6 Å². The molecule has 1 aromatic carbocycles. The molecule has 1 radical (unpaired) electrons. The van der Waals surface area contributed by atoms with Crippen molar-refractivity contribution in [2.24, 2.45) is 0 Å². The molecule has 1 fully saturated rings. The zero-order chi connectivity index (χ0) is 16.9. The average molecular weight is 423 g/mol. The van der Waals surface area contributed by atoms with Crippen LogP contribution in [0, 0.1) is 13.8 Å². The molecule has 0 bridgehead atoms. The SMILES string of the molecule is CCCC(C(=O)Nc1c(C)cccc1C)[P+]1(CC)CCCCC1.[Y]. The maximum atomic E-state index is 13.2. The molecule has 2 rings (SSSR count). The molecule has 4 heteroatoms. The van der Waals surface area contributed by atoms with Crippen molar-refractivity contribution in [3.05, 3.63) is 29.3 Å². The molecule has 2 nitrogen and oxygen atoms in total. The van der Waals surface area contributed by atoms with Crippen molar-refractivity contribution in [1.82, 2.24) is 0 Å². The molecule has 0 aliphatic carbocycles. The maximum absolute atomic E-state index is 13.2. The van der Waals surface area contributed by atoms with Gasteiger partial charge < -0.3 is 5.32 Å². The fourth-order valence-corrected chi connectivity index (χ4v) is 9.13. The van der Waals surface area contributed by atoms with E-state index in [2.05, 4.69) is 51.2 Å². The van der Waals surface area contributed by atoms with E-state index in [-0.39, 0.29) is 38.4 Å². The van der Waals surface area contributed by atoms with Crippen LogP contribution in [0.2, 0.25) is 0 Å². The Balaban J connectivity index is 0.00000288. The number of carbonyl (C=O) groups is 1. The maximum Gasteiger partial charge on any atom is 0.265 e. The van der Waals surface area contributed by atoms with E-state index in [9.17, 15) is 4.79 Å². The first-order valence-corrected chi connectivity index (χ1v) is 11.7. The molecular weight excluding hydrogens is 390 g/mol. The first-order valence-electron chi connectivity index (χ1n) is 9.27. The summed E-state index contributed by atoms with van der Waals surface area (Å²) in [6.07, 6.45) is 10.1. The third-order valence-corrected chi connectivity index (χ3v) is 11.1. The number of para-hydroxylation sites is 1. The smallest absolute Gasteiger partial charge is 0.265 e. The van der Waals surface area contributed by atoms with Crippen molar-refractivity contribution >= 4 is 18.9 Å². The summed E-state index contributed by atoms with van der Waals surface area (Å²) in [5, 5.41) is 3.31. The molecule has 1 heterocycles. The van der Waals surface area contributed by atoms with Crippen molar-refractivity contribution in [2.75, 3.05) is 23.8 Å². The summed E-state index contributed by atoms with van der Waals surface area (Å²) in [7, 11) is -1.13. The Morgan fingerprint density at radius 1 is 1.12 bits per heavy atom. The Kier molecular flexibility index (Phi) is 9.64. The number of carbonyl (C=O) groups excluding carboxylic acids is 1. The Morgan fingerprint density at radius 3 is 2.21 bits per heavy atom. The standard InChI is InChI=1S/C20H32NOP.Y/c1-5-11-18(23(6-2)14-8-7-9-15-23)20(22)21-19-16(3)12-10-13-17(19)4;/h10,12-13,18H,5-9,11,14-15H2,1-4H3;/p+1. The van der Waals surface area contributed by atoms with E-state index in [0.717, 1.165) is 18.5 Å². The van der Waals surface area contributed by atoms with E-state index in [1.54, 1.807) is 0 Å². The van der Waals surface area contributed by atoms with Gasteiger partial charge in [0.2, 0.25) is 0 Å². The number of rotatable bonds is 6. The predicted octanol–water partition coefficient (Wildman–Crippen LogP) is 5.63. The zero-order valence-corrected chi connectivity index (χ0v) is 19.6. The van der Waals surface area contributed by atoms with Gasteiger partial charge in [0.25, 0.3) is 5.91 Å². The van der Waals surface area contributed by atoms with Crippen LogP contribution in [0.5, 0.6) is 0 Å². The topological polar surface area (TPSA) is 29.1 Å². The van der Waals surface area contributed by atoms with Crippen LogP contribution >= 0.6 is 7.26 Å². The molecule has 0 saturated carbocycles. The van der Waals surface area contributed by atoms with E-state index in [0.29, 0.717) is 5.91 Å². The molecule has 1 aliphatic rings. The number of nitrogens with one attached hydrogen (secondary N) is 1. The number of benzene rings is 1. The molecule has 131 valence electrons. The van der Waals surface area contributed by atoms with Crippen LogP contribution in [-0.4, -0.2) is 30.1 Å². The number of hydrogen-bond donors (Lipinski definition) is 1. The molecule has 1 saturated heterocycles. The number of anilines is 1. The van der Waals surface area contributed by atoms with Gasteiger partial charge in [-0.3, -0.25) is 4.79 Å². The normalized spacial score (nSPS) is 17.7. The summed E-state index contributed by atoms with van der Waals surface area (Å²) in [5.41, 5.74) is 3.63. The van der Waals surface area contributed by atoms with Crippen molar-refractivity contribution < 1.29 is 37.5 Å². The largest absolute Gasteiger partial charge is 0.322 e. The summed E-state index contributed by atoms with van der Waals surface area (Å²) in [5.74, 6) is 0.293. The molecule has 1 unspecified atom stereocenters. The van der Waals surface area contributed by atoms with Gasteiger partial charge >= 0.3 is 0 Å². The number of hydrogen-bond acceptors (Lipinski definition) is 1. The van der Waals surface area contributed by atoms with Crippen LogP contribution in [0.3, 0.4) is 0 Å². The van der Waals surface area contributed by atoms with Gasteiger partial charge in [0.1, 0.15) is 5.66 Å². The van der Waals surface area contributed by atoms with E-state index < -0.39 is 7.26 Å². The van der Waals surface area contributed by atoms with Crippen LogP contribution in [0.15, 0.2) is 18.2 Å². The first kappa shape index (κ1) is 22.3. The van der Waals surface area contributed by atoms with Crippen molar-refractivity contribution in [1.29, 1.82) is 0 Å². The van der Waals surface area contributed by atoms with Gasteiger partial charge in [-0.15, -0.1) is 0 Å². The fourth-order valence-electron chi connectivity index (χ4n) is 4.14. The molecule has 24 heavy (non-hydrogen) atoms. The van der Waals surface area contributed by atoms with E-state index in [4.69, 9.17) is 0 Å². The van der Waals surface area contributed by atoms with E-state index in [1.165, 1.54) is 48.9 Å². The average Bonchev–Trinajstić information content (AvgIpc) is 2.56. The molecule has 1 aliphatic heterocycles. The van der Waals surface area contributed by atoms with Crippen LogP contribution in [0.25, 0.3) is 0 Å². The molecule has 1 amide bonds. The summed E-state index contributed by atoms with van der Waals surface area (Å²) < 4.78 is 0. The van der Waals surface area contributed by atoms with Crippen LogP contribution in [-0.2, 0) is 37.5 Å². The van der Waals surface area contributed by atoms with Crippen LogP contribution < -0.4 is 5.32 Å².